The van der Waals surface area contributed by atoms with Crippen molar-refractivity contribution in [3.05, 3.63) is 34.6 Å². The Morgan fingerprint density at radius 1 is 1.50 bits per heavy atom. The van der Waals surface area contributed by atoms with Crippen LogP contribution in [0.3, 0.4) is 0 Å². The van der Waals surface area contributed by atoms with Crippen LogP contribution in [0, 0.1) is 5.82 Å². The van der Waals surface area contributed by atoms with Gasteiger partial charge >= 0.3 is 0 Å². The van der Waals surface area contributed by atoms with Crippen LogP contribution in [0.1, 0.15) is 43.7 Å². The third kappa shape index (κ3) is 3.67. The van der Waals surface area contributed by atoms with Gasteiger partial charge in [0.2, 0.25) is 0 Å². The predicted molar refractivity (Wildman–Crippen MR) is 71.2 cm³/mol. The molecule has 1 aliphatic rings. The van der Waals surface area contributed by atoms with E-state index in [4.69, 9.17) is 22.1 Å². The summed E-state index contributed by atoms with van der Waals surface area (Å²) in [6, 6.07) is 4.66. The van der Waals surface area contributed by atoms with Gasteiger partial charge in [-0.2, -0.15) is 0 Å². The first-order chi connectivity index (χ1) is 8.66. The van der Waals surface area contributed by atoms with E-state index < -0.39 is 5.82 Å². The van der Waals surface area contributed by atoms with Crippen LogP contribution in [0.15, 0.2) is 18.2 Å². The number of hydrogen-bond acceptors (Lipinski definition) is 2. The summed E-state index contributed by atoms with van der Waals surface area (Å²) in [4.78, 5) is 0. The molecular weight excluding hydrogens is 253 g/mol. The fourth-order valence-corrected chi connectivity index (χ4v) is 2.46. The topological polar surface area (TPSA) is 35.2 Å². The number of benzene rings is 1. The Morgan fingerprint density at radius 3 is 3.00 bits per heavy atom. The number of nitrogens with two attached hydrogens (primary N) is 1. The van der Waals surface area contributed by atoms with Crippen LogP contribution >= 0.6 is 11.6 Å². The van der Waals surface area contributed by atoms with Crippen LogP contribution in [0.4, 0.5) is 4.39 Å². The van der Waals surface area contributed by atoms with Gasteiger partial charge in [-0.1, -0.05) is 17.7 Å². The molecule has 1 fully saturated rings. The van der Waals surface area contributed by atoms with Crippen molar-refractivity contribution in [1.82, 2.24) is 0 Å². The highest BCUT2D eigenvalue weighted by molar-refractivity contribution is 6.30. The summed E-state index contributed by atoms with van der Waals surface area (Å²) < 4.78 is 18.9. The van der Waals surface area contributed by atoms with Crippen LogP contribution in [0.5, 0.6) is 0 Å². The average molecular weight is 272 g/mol. The molecule has 2 rings (SSSR count). The lowest BCUT2D eigenvalue weighted by Gasteiger charge is -2.14. The van der Waals surface area contributed by atoms with Crippen LogP contribution < -0.4 is 5.73 Å². The zero-order valence-corrected chi connectivity index (χ0v) is 11.1. The van der Waals surface area contributed by atoms with E-state index in [1.54, 1.807) is 12.1 Å². The Kier molecular flexibility index (Phi) is 4.98. The average Bonchev–Trinajstić information content (AvgIpc) is 2.85. The van der Waals surface area contributed by atoms with Crippen LogP contribution in [-0.4, -0.2) is 12.7 Å². The van der Waals surface area contributed by atoms with Crippen molar-refractivity contribution in [2.24, 2.45) is 5.73 Å². The summed E-state index contributed by atoms with van der Waals surface area (Å²) in [6.45, 7) is 0.888. The molecule has 0 radical (unpaired) electrons. The van der Waals surface area contributed by atoms with Gasteiger partial charge in [-0.3, -0.25) is 0 Å². The Hall–Kier alpha value is -0.640. The molecule has 2 nitrogen and oxygen atoms in total. The van der Waals surface area contributed by atoms with E-state index in [1.165, 1.54) is 12.5 Å². The molecule has 0 amide bonds. The summed E-state index contributed by atoms with van der Waals surface area (Å²) in [5.41, 5.74) is 6.86. The first kappa shape index (κ1) is 13.8. The molecule has 1 aromatic carbocycles. The Balaban J connectivity index is 1.79. The van der Waals surface area contributed by atoms with E-state index in [-0.39, 0.29) is 11.1 Å². The van der Waals surface area contributed by atoms with Crippen molar-refractivity contribution >= 4 is 11.6 Å². The molecule has 1 heterocycles. The highest BCUT2D eigenvalue weighted by Gasteiger charge is 2.16. The molecule has 0 bridgehead atoms. The third-order valence-electron chi connectivity index (χ3n) is 3.44. The van der Waals surface area contributed by atoms with Gasteiger partial charge in [0, 0.05) is 12.6 Å². The Morgan fingerprint density at radius 2 is 2.33 bits per heavy atom. The normalized spacial score (nSPS) is 21.2. The molecule has 1 saturated heterocycles. The first-order valence-electron chi connectivity index (χ1n) is 6.49. The zero-order chi connectivity index (χ0) is 13.0. The molecule has 0 spiro atoms. The summed E-state index contributed by atoms with van der Waals surface area (Å²) in [5, 5.41) is 0.144. The predicted octanol–water partition coefficient (Wildman–Crippen LogP) is 3.83. The fraction of sp³-hybridized carbons (Fsp3) is 0.571. The van der Waals surface area contributed by atoms with Gasteiger partial charge in [0.05, 0.1) is 11.1 Å². The maximum Gasteiger partial charge on any atom is 0.142 e. The van der Waals surface area contributed by atoms with Gasteiger partial charge in [0.25, 0.3) is 0 Å². The minimum atomic E-state index is -0.399. The Bertz CT molecular complexity index is 393. The maximum atomic E-state index is 13.3. The van der Waals surface area contributed by atoms with E-state index in [2.05, 4.69) is 0 Å². The van der Waals surface area contributed by atoms with E-state index in [0.717, 1.165) is 37.9 Å². The molecule has 100 valence electrons. The largest absolute Gasteiger partial charge is 0.378 e. The summed E-state index contributed by atoms with van der Waals surface area (Å²) in [6.07, 6.45) is 5.63. The van der Waals surface area contributed by atoms with E-state index in [1.807, 2.05) is 0 Å². The molecule has 4 heteroatoms. The molecule has 2 N–H and O–H groups in total. The second-order valence-corrected chi connectivity index (χ2v) is 5.25. The zero-order valence-electron chi connectivity index (χ0n) is 10.4. The monoisotopic (exact) mass is 271 g/mol. The van der Waals surface area contributed by atoms with Gasteiger partial charge in [-0.25, -0.2) is 4.39 Å². The molecule has 0 saturated carbocycles. The molecule has 18 heavy (non-hydrogen) atoms. The number of hydrogen-bond donors (Lipinski definition) is 1. The maximum absolute atomic E-state index is 13.3. The van der Waals surface area contributed by atoms with Crippen molar-refractivity contribution in [1.29, 1.82) is 0 Å². The van der Waals surface area contributed by atoms with Gasteiger partial charge in [0.1, 0.15) is 5.82 Å². The minimum absolute atomic E-state index is 0.127. The second-order valence-electron chi connectivity index (χ2n) is 4.85. The quantitative estimate of drug-likeness (QED) is 0.883. The third-order valence-corrected chi connectivity index (χ3v) is 3.74. The van der Waals surface area contributed by atoms with Crippen LogP contribution in [0.25, 0.3) is 0 Å². The summed E-state index contributed by atoms with van der Waals surface area (Å²) in [5.74, 6) is -0.399. The van der Waals surface area contributed by atoms with Crippen LogP contribution in [-0.2, 0) is 4.74 Å². The van der Waals surface area contributed by atoms with Crippen molar-refractivity contribution < 1.29 is 9.13 Å². The molecule has 1 aliphatic heterocycles. The second kappa shape index (κ2) is 6.50. The number of ether oxygens (including phenoxy) is 1. The summed E-state index contributed by atoms with van der Waals surface area (Å²) in [7, 11) is 0. The SMILES string of the molecule is NC(CCCC1CCCO1)c1ccc(Cl)c(F)c1. The Labute approximate surface area is 112 Å². The van der Waals surface area contributed by atoms with Gasteiger partial charge in [0.15, 0.2) is 0 Å². The molecule has 2 unspecified atom stereocenters. The van der Waals surface area contributed by atoms with Gasteiger partial charge in [-0.05, 0) is 49.8 Å². The van der Waals surface area contributed by atoms with Gasteiger partial charge in [-0.15, -0.1) is 0 Å². The molecule has 1 aromatic rings. The minimum Gasteiger partial charge on any atom is -0.378 e. The fourth-order valence-electron chi connectivity index (χ4n) is 2.35. The van der Waals surface area contributed by atoms with Crippen molar-refractivity contribution in [2.75, 3.05) is 6.61 Å². The van der Waals surface area contributed by atoms with Crippen LogP contribution in [0.2, 0.25) is 5.02 Å². The number of rotatable bonds is 5. The highest BCUT2D eigenvalue weighted by Crippen LogP contribution is 2.24. The van der Waals surface area contributed by atoms with Crippen molar-refractivity contribution in [3.8, 4) is 0 Å². The molecule has 0 aliphatic carbocycles. The lowest BCUT2D eigenvalue weighted by atomic mass is 10.00. The summed E-state index contributed by atoms with van der Waals surface area (Å²) >= 11 is 5.64. The molecular formula is C14H19ClFNO. The van der Waals surface area contributed by atoms with Gasteiger partial charge < -0.3 is 10.5 Å². The van der Waals surface area contributed by atoms with Crippen molar-refractivity contribution in [3.63, 3.8) is 0 Å². The molecule has 2 atom stereocenters. The van der Waals surface area contributed by atoms with E-state index in [0.29, 0.717) is 6.10 Å². The standard InChI is InChI=1S/C14H19ClFNO/c15-12-7-6-10(9-13(12)16)14(17)5-1-3-11-4-2-8-18-11/h6-7,9,11,14H,1-5,8,17H2. The lowest BCUT2D eigenvalue weighted by molar-refractivity contribution is 0.101. The highest BCUT2D eigenvalue weighted by atomic mass is 35.5. The molecule has 0 aromatic heterocycles. The van der Waals surface area contributed by atoms with E-state index in [9.17, 15) is 4.39 Å². The smallest absolute Gasteiger partial charge is 0.142 e. The van der Waals surface area contributed by atoms with E-state index >= 15 is 0 Å². The van der Waals surface area contributed by atoms with Crippen molar-refractivity contribution in [2.45, 2.75) is 44.2 Å². The lowest BCUT2D eigenvalue weighted by Crippen LogP contribution is -2.12. The number of halogens is 2. The first-order valence-corrected chi connectivity index (χ1v) is 6.87.